The zero-order valence-electron chi connectivity index (χ0n) is 14.2. The number of rotatable bonds is 5. The van der Waals surface area contributed by atoms with Gasteiger partial charge in [-0.2, -0.15) is 0 Å². The van der Waals surface area contributed by atoms with E-state index in [9.17, 15) is 13.2 Å². The molecule has 0 bridgehead atoms. The number of urea groups is 1. The molecule has 2 amide bonds. The van der Waals surface area contributed by atoms with Crippen LogP contribution in [0.4, 0.5) is 4.79 Å². The fourth-order valence-electron chi connectivity index (χ4n) is 3.43. The van der Waals surface area contributed by atoms with Crippen molar-refractivity contribution in [2.75, 3.05) is 31.6 Å². The molecule has 134 valence electrons. The minimum atomic E-state index is -2.90. The Hall–Kier alpha value is -0.820. The summed E-state index contributed by atoms with van der Waals surface area (Å²) < 4.78 is 22.4. The molecule has 0 radical (unpaired) electrons. The first-order valence-electron chi connectivity index (χ1n) is 8.89. The van der Waals surface area contributed by atoms with Crippen LogP contribution in [0, 0.1) is 0 Å². The van der Waals surface area contributed by atoms with E-state index < -0.39 is 9.84 Å². The van der Waals surface area contributed by atoms with E-state index in [0.29, 0.717) is 12.6 Å². The van der Waals surface area contributed by atoms with Crippen molar-refractivity contribution < 1.29 is 13.2 Å². The Morgan fingerprint density at radius 2 is 1.48 bits per heavy atom. The molecule has 0 aromatic heterocycles. The number of hydrogen-bond donors (Lipinski definition) is 2. The molecule has 2 N–H and O–H groups in total. The molecule has 0 aromatic carbocycles. The Morgan fingerprint density at radius 1 is 0.957 bits per heavy atom. The van der Waals surface area contributed by atoms with Crippen LogP contribution in [-0.2, 0) is 9.84 Å². The largest absolute Gasteiger partial charge is 0.335 e. The van der Waals surface area contributed by atoms with Crippen molar-refractivity contribution in [3.05, 3.63) is 0 Å². The molecule has 2 rings (SSSR count). The van der Waals surface area contributed by atoms with Crippen molar-refractivity contribution in [2.45, 2.75) is 63.5 Å². The van der Waals surface area contributed by atoms with E-state index in [4.69, 9.17) is 0 Å². The molecule has 23 heavy (non-hydrogen) atoms. The van der Waals surface area contributed by atoms with Gasteiger partial charge in [0.1, 0.15) is 9.84 Å². The highest BCUT2D eigenvalue weighted by Crippen LogP contribution is 2.17. The summed E-state index contributed by atoms with van der Waals surface area (Å²) in [6, 6.07) is 0.495. The highest BCUT2D eigenvalue weighted by Gasteiger charge is 2.22. The van der Waals surface area contributed by atoms with Crippen molar-refractivity contribution in [2.24, 2.45) is 0 Å². The van der Waals surface area contributed by atoms with E-state index in [1.807, 2.05) is 0 Å². The van der Waals surface area contributed by atoms with Crippen LogP contribution in [0.25, 0.3) is 0 Å². The van der Waals surface area contributed by atoms with Crippen LogP contribution < -0.4 is 10.6 Å². The Morgan fingerprint density at radius 3 is 2.00 bits per heavy atom. The molecule has 1 aliphatic carbocycles. The minimum absolute atomic E-state index is 0.0357. The third-order valence-electron chi connectivity index (χ3n) is 4.89. The van der Waals surface area contributed by atoms with Gasteiger partial charge in [0.05, 0.1) is 5.75 Å². The number of nitrogens with one attached hydrogen (secondary N) is 2. The first kappa shape index (κ1) is 18.5. The SMILES string of the molecule is CS(=O)(=O)CCN1CCC(NC(=O)NC2CCCCCC2)CC1. The van der Waals surface area contributed by atoms with Crippen LogP contribution in [0.3, 0.4) is 0 Å². The third kappa shape index (κ3) is 7.52. The molecule has 0 spiro atoms. The van der Waals surface area contributed by atoms with Gasteiger partial charge >= 0.3 is 6.03 Å². The average Bonchev–Trinajstić information content (AvgIpc) is 2.74. The molecule has 0 aromatic rings. The second-order valence-electron chi connectivity index (χ2n) is 7.05. The Kier molecular flexibility index (Phi) is 7.14. The molecule has 7 heteroatoms. The van der Waals surface area contributed by atoms with Gasteiger partial charge in [-0.1, -0.05) is 25.7 Å². The zero-order valence-corrected chi connectivity index (χ0v) is 15.0. The van der Waals surface area contributed by atoms with Gasteiger partial charge in [0.25, 0.3) is 0 Å². The van der Waals surface area contributed by atoms with Crippen LogP contribution in [0.5, 0.6) is 0 Å². The molecule has 6 nitrogen and oxygen atoms in total. The van der Waals surface area contributed by atoms with Crippen molar-refractivity contribution in [3.63, 3.8) is 0 Å². The van der Waals surface area contributed by atoms with Crippen LogP contribution in [-0.4, -0.2) is 63.1 Å². The maximum Gasteiger partial charge on any atom is 0.315 e. The summed E-state index contributed by atoms with van der Waals surface area (Å²) in [5.74, 6) is 0.216. The molecule has 1 heterocycles. The number of likely N-dealkylation sites (tertiary alicyclic amines) is 1. The van der Waals surface area contributed by atoms with Crippen molar-refractivity contribution >= 4 is 15.9 Å². The van der Waals surface area contributed by atoms with Gasteiger partial charge in [-0.3, -0.25) is 0 Å². The first-order chi connectivity index (χ1) is 10.9. The second kappa shape index (κ2) is 8.87. The molecule has 0 atom stereocenters. The lowest BCUT2D eigenvalue weighted by Crippen LogP contribution is -2.50. The Labute approximate surface area is 140 Å². The molecular weight excluding hydrogens is 314 g/mol. The number of amides is 2. The second-order valence-corrected chi connectivity index (χ2v) is 9.31. The maximum atomic E-state index is 12.1. The van der Waals surface area contributed by atoms with Gasteiger partial charge in [0.2, 0.25) is 0 Å². The van der Waals surface area contributed by atoms with Gasteiger partial charge in [0.15, 0.2) is 0 Å². The van der Waals surface area contributed by atoms with Gasteiger partial charge in [-0.05, 0) is 25.7 Å². The van der Waals surface area contributed by atoms with Crippen molar-refractivity contribution in [1.29, 1.82) is 0 Å². The maximum absolute atomic E-state index is 12.1. The van der Waals surface area contributed by atoms with E-state index in [-0.39, 0.29) is 17.8 Å². The van der Waals surface area contributed by atoms with Gasteiger partial charge in [-0.25, -0.2) is 13.2 Å². The standard InChI is InChI=1S/C16H31N3O3S/c1-23(21,22)13-12-19-10-8-15(9-11-19)18-16(20)17-14-6-4-2-3-5-7-14/h14-15H,2-13H2,1H3,(H2,17,18,20). The number of sulfone groups is 1. The fraction of sp³-hybridized carbons (Fsp3) is 0.938. The number of carbonyl (C=O) groups excluding carboxylic acids is 1. The quantitative estimate of drug-likeness (QED) is 0.741. The van der Waals surface area contributed by atoms with Crippen LogP contribution in [0.15, 0.2) is 0 Å². The Bertz CT molecular complexity index is 465. The number of piperidine rings is 1. The molecule has 2 aliphatic rings. The van der Waals surface area contributed by atoms with E-state index in [1.165, 1.54) is 31.9 Å². The van der Waals surface area contributed by atoms with E-state index >= 15 is 0 Å². The molecule has 0 unspecified atom stereocenters. The van der Waals surface area contributed by atoms with Crippen LogP contribution in [0.1, 0.15) is 51.4 Å². The smallest absolute Gasteiger partial charge is 0.315 e. The van der Waals surface area contributed by atoms with E-state index in [1.54, 1.807) is 0 Å². The number of hydrogen-bond acceptors (Lipinski definition) is 4. The molecule has 2 fully saturated rings. The predicted octanol–water partition coefficient (Wildman–Crippen LogP) is 1.52. The average molecular weight is 346 g/mol. The zero-order chi connectivity index (χ0) is 16.7. The lowest BCUT2D eigenvalue weighted by molar-refractivity contribution is 0.197. The summed E-state index contributed by atoms with van der Waals surface area (Å²) in [6.07, 6.45) is 10.2. The molecule has 1 saturated heterocycles. The van der Waals surface area contributed by atoms with Gasteiger partial charge < -0.3 is 15.5 Å². The van der Waals surface area contributed by atoms with E-state index in [2.05, 4.69) is 15.5 Å². The van der Waals surface area contributed by atoms with Crippen molar-refractivity contribution in [1.82, 2.24) is 15.5 Å². The summed E-state index contributed by atoms with van der Waals surface area (Å²) in [6.45, 7) is 2.30. The third-order valence-corrected chi connectivity index (χ3v) is 5.82. The van der Waals surface area contributed by atoms with Gasteiger partial charge in [-0.15, -0.1) is 0 Å². The van der Waals surface area contributed by atoms with Crippen LogP contribution >= 0.6 is 0 Å². The minimum Gasteiger partial charge on any atom is -0.335 e. The number of nitrogens with zero attached hydrogens (tertiary/aromatic N) is 1. The van der Waals surface area contributed by atoms with E-state index in [0.717, 1.165) is 38.8 Å². The summed E-state index contributed by atoms with van der Waals surface area (Å²) in [5.41, 5.74) is 0. The summed E-state index contributed by atoms with van der Waals surface area (Å²) in [4.78, 5) is 14.3. The lowest BCUT2D eigenvalue weighted by Gasteiger charge is -2.32. The molecule has 1 saturated carbocycles. The van der Waals surface area contributed by atoms with Gasteiger partial charge in [0, 0.05) is 38.0 Å². The topological polar surface area (TPSA) is 78.5 Å². The monoisotopic (exact) mass is 345 g/mol. The van der Waals surface area contributed by atoms with Crippen LogP contribution in [0.2, 0.25) is 0 Å². The first-order valence-corrected chi connectivity index (χ1v) is 11.0. The highest BCUT2D eigenvalue weighted by molar-refractivity contribution is 7.90. The molecular formula is C16H31N3O3S. The predicted molar refractivity (Wildman–Crippen MR) is 92.3 cm³/mol. The lowest BCUT2D eigenvalue weighted by atomic mass is 10.1. The Balaban J connectivity index is 1.64. The normalized spacial score (nSPS) is 22.5. The summed E-state index contributed by atoms with van der Waals surface area (Å²) in [7, 11) is -2.90. The number of carbonyl (C=O) groups is 1. The highest BCUT2D eigenvalue weighted by atomic mass is 32.2. The summed E-state index contributed by atoms with van der Waals surface area (Å²) >= 11 is 0. The van der Waals surface area contributed by atoms with Crippen molar-refractivity contribution in [3.8, 4) is 0 Å². The molecule has 1 aliphatic heterocycles. The fourth-order valence-corrected chi connectivity index (χ4v) is 4.02. The summed E-state index contributed by atoms with van der Waals surface area (Å²) in [5, 5.41) is 6.20.